The first-order valence-electron chi connectivity index (χ1n) is 8.59. The van der Waals surface area contributed by atoms with Crippen LogP contribution < -0.4 is 4.90 Å². The van der Waals surface area contributed by atoms with Crippen molar-refractivity contribution < 1.29 is 4.79 Å². The first-order valence-corrected chi connectivity index (χ1v) is 9.57. The number of para-hydroxylation sites is 1. The van der Waals surface area contributed by atoms with E-state index in [9.17, 15) is 4.79 Å². The molecular weight excluding hydrogens is 354 g/mol. The second-order valence-corrected chi connectivity index (χ2v) is 6.87. The molecule has 0 unspecified atom stereocenters. The number of pyridine rings is 1. The van der Waals surface area contributed by atoms with E-state index in [0.29, 0.717) is 16.6 Å². The fraction of sp³-hybridized carbons (Fsp3) is 0.0455. The monoisotopic (exact) mass is 371 g/mol. The van der Waals surface area contributed by atoms with Crippen molar-refractivity contribution in [2.75, 3.05) is 4.90 Å². The fourth-order valence-corrected chi connectivity index (χ4v) is 3.69. The Kier molecular flexibility index (Phi) is 5.12. The Balaban J connectivity index is 1.65. The molecule has 5 heteroatoms. The molecule has 2 heterocycles. The Morgan fingerprint density at radius 1 is 0.889 bits per heavy atom. The van der Waals surface area contributed by atoms with E-state index in [-0.39, 0.29) is 5.91 Å². The van der Waals surface area contributed by atoms with Crippen LogP contribution in [0.5, 0.6) is 0 Å². The molecule has 0 saturated heterocycles. The fourth-order valence-electron chi connectivity index (χ4n) is 2.72. The predicted octanol–water partition coefficient (Wildman–Crippen LogP) is 4.76. The van der Waals surface area contributed by atoms with E-state index in [2.05, 4.69) is 22.1 Å². The highest BCUT2D eigenvalue weighted by Gasteiger charge is 2.31. The van der Waals surface area contributed by atoms with Gasteiger partial charge >= 0.3 is 0 Å². The molecule has 3 aromatic rings. The van der Waals surface area contributed by atoms with E-state index in [1.807, 2.05) is 66.7 Å². The summed E-state index contributed by atoms with van der Waals surface area (Å²) in [5, 5.41) is 0.678. The third-order valence-electron chi connectivity index (χ3n) is 4.03. The molecular formula is C22H17N3OS. The van der Waals surface area contributed by atoms with Crippen molar-refractivity contribution in [3.05, 3.63) is 102 Å². The van der Waals surface area contributed by atoms with Gasteiger partial charge in [0.05, 0.1) is 11.4 Å². The number of hydrogen-bond donors (Lipinski definition) is 0. The van der Waals surface area contributed by atoms with Gasteiger partial charge in [-0.15, -0.1) is 0 Å². The lowest BCUT2D eigenvalue weighted by atomic mass is 10.2. The Morgan fingerprint density at radius 2 is 1.59 bits per heavy atom. The number of thioether (sulfide) groups is 1. The highest BCUT2D eigenvalue weighted by atomic mass is 32.2. The third kappa shape index (κ3) is 3.99. The lowest BCUT2D eigenvalue weighted by Gasteiger charge is -2.17. The first kappa shape index (κ1) is 17.2. The minimum absolute atomic E-state index is 0.137. The normalized spacial score (nSPS) is 15.3. The van der Waals surface area contributed by atoms with E-state index < -0.39 is 0 Å². The van der Waals surface area contributed by atoms with Gasteiger partial charge in [0.25, 0.3) is 5.91 Å². The van der Waals surface area contributed by atoms with Gasteiger partial charge in [-0.05, 0) is 35.9 Å². The second kappa shape index (κ2) is 8.01. The van der Waals surface area contributed by atoms with E-state index in [1.54, 1.807) is 28.9 Å². The summed E-state index contributed by atoms with van der Waals surface area (Å²) in [6.07, 6.45) is 3.43. The average molecular weight is 371 g/mol. The number of nitrogens with zero attached hydrogens (tertiary/aromatic N) is 3. The zero-order chi connectivity index (χ0) is 18.5. The van der Waals surface area contributed by atoms with Crippen molar-refractivity contribution in [1.29, 1.82) is 0 Å². The summed E-state index contributed by atoms with van der Waals surface area (Å²) in [6, 6.07) is 25.4. The lowest BCUT2D eigenvalue weighted by Crippen LogP contribution is -2.30. The molecule has 0 radical (unpaired) electrons. The topological polar surface area (TPSA) is 45.6 Å². The van der Waals surface area contributed by atoms with Crippen LogP contribution in [0.1, 0.15) is 11.3 Å². The van der Waals surface area contributed by atoms with Crippen LogP contribution in [0.15, 0.2) is 95.7 Å². The van der Waals surface area contributed by atoms with Crippen LogP contribution in [0, 0.1) is 0 Å². The van der Waals surface area contributed by atoms with Crippen LogP contribution in [0.4, 0.5) is 5.69 Å². The number of benzene rings is 2. The standard InChI is InChI=1S/C22H17N3OS/c26-21-20(15-18-11-7-8-14-23-18)24-22(25(21)19-12-5-2-6-13-19)27-16-17-9-3-1-4-10-17/h1-15H,16H2/b20-15+. The molecule has 0 atom stereocenters. The number of amides is 1. The van der Waals surface area contributed by atoms with Crippen LogP contribution in [0.3, 0.4) is 0 Å². The third-order valence-corrected chi connectivity index (χ3v) is 5.04. The maximum atomic E-state index is 13.0. The van der Waals surface area contributed by atoms with Gasteiger partial charge in [0.15, 0.2) is 5.17 Å². The van der Waals surface area contributed by atoms with Crippen LogP contribution in [-0.2, 0) is 10.5 Å². The average Bonchev–Trinajstić information content (AvgIpc) is 3.04. The molecule has 1 aliphatic rings. The summed E-state index contributed by atoms with van der Waals surface area (Å²) < 4.78 is 0. The number of anilines is 1. The number of aromatic nitrogens is 1. The summed E-state index contributed by atoms with van der Waals surface area (Å²) >= 11 is 1.55. The SMILES string of the molecule is O=C1/C(=C\c2ccccn2)N=C(SCc2ccccc2)N1c1ccccc1. The minimum atomic E-state index is -0.137. The number of hydrogen-bond acceptors (Lipinski definition) is 4. The number of carbonyl (C=O) groups excluding carboxylic acids is 1. The van der Waals surface area contributed by atoms with E-state index in [1.165, 1.54) is 5.56 Å². The van der Waals surface area contributed by atoms with Crippen molar-refractivity contribution in [3.8, 4) is 0 Å². The van der Waals surface area contributed by atoms with Crippen LogP contribution in [0.2, 0.25) is 0 Å². The molecule has 132 valence electrons. The highest BCUT2D eigenvalue weighted by Crippen LogP contribution is 2.30. The van der Waals surface area contributed by atoms with Gasteiger partial charge in [-0.25, -0.2) is 4.99 Å². The Bertz CT molecular complexity index is 986. The molecule has 0 bridgehead atoms. The molecule has 0 fully saturated rings. The number of rotatable bonds is 4. The second-order valence-electron chi connectivity index (χ2n) is 5.93. The zero-order valence-corrected chi connectivity index (χ0v) is 15.3. The molecule has 0 aliphatic carbocycles. The van der Waals surface area contributed by atoms with Gasteiger partial charge in [-0.3, -0.25) is 14.7 Å². The van der Waals surface area contributed by atoms with Crippen molar-refractivity contribution in [2.24, 2.45) is 4.99 Å². The molecule has 4 rings (SSSR count). The van der Waals surface area contributed by atoms with Crippen molar-refractivity contribution >= 4 is 34.6 Å². The van der Waals surface area contributed by atoms with Crippen molar-refractivity contribution in [3.63, 3.8) is 0 Å². The van der Waals surface area contributed by atoms with Gasteiger partial charge < -0.3 is 0 Å². The molecule has 1 aromatic heterocycles. The lowest BCUT2D eigenvalue weighted by molar-refractivity contribution is -0.113. The molecule has 1 amide bonds. The van der Waals surface area contributed by atoms with Gasteiger partial charge in [0.2, 0.25) is 0 Å². The summed E-state index contributed by atoms with van der Waals surface area (Å²) in [5.74, 6) is 0.607. The molecule has 0 saturated carbocycles. The van der Waals surface area contributed by atoms with Gasteiger partial charge in [0, 0.05) is 11.9 Å². The van der Waals surface area contributed by atoms with E-state index >= 15 is 0 Å². The van der Waals surface area contributed by atoms with Crippen molar-refractivity contribution in [1.82, 2.24) is 4.98 Å². The van der Waals surface area contributed by atoms with Gasteiger partial charge in [-0.1, -0.05) is 66.4 Å². The summed E-state index contributed by atoms with van der Waals surface area (Å²) in [4.78, 5) is 23.6. The molecule has 4 nitrogen and oxygen atoms in total. The highest BCUT2D eigenvalue weighted by molar-refractivity contribution is 8.13. The maximum Gasteiger partial charge on any atom is 0.283 e. The first-order chi connectivity index (χ1) is 13.3. The van der Waals surface area contributed by atoms with E-state index in [4.69, 9.17) is 0 Å². The quantitative estimate of drug-likeness (QED) is 0.621. The van der Waals surface area contributed by atoms with Crippen LogP contribution >= 0.6 is 11.8 Å². The largest absolute Gasteiger partial charge is 0.283 e. The Labute approximate surface area is 162 Å². The smallest absolute Gasteiger partial charge is 0.266 e. The molecule has 1 aliphatic heterocycles. The number of aliphatic imine (C=N–C) groups is 1. The van der Waals surface area contributed by atoms with E-state index in [0.717, 1.165) is 11.4 Å². The summed E-state index contributed by atoms with van der Waals surface area (Å²) in [5.41, 5.74) is 3.11. The predicted molar refractivity (Wildman–Crippen MR) is 111 cm³/mol. The minimum Gasteiger partial charge on any atom is -0.266 e. The molecule has 0 N–H and O–H groups in total. The van der Waals surface area contributed by atoms with Crippen molar-refractivity contribution in [2.45, 2.75) is 5.75 Å². The molecule has 0 spiro atoms. The van der Waals surface area contributed by atoms with Gasteiger partial charge in [-0.2, -0.15) is 0 Å². The molecule has 27 heavy (non-hydrogen) atoms. The zero-order valence-electron chi connectivity index (χ0n) is 14.5. The number of carbonyl (C=O) groups is 1. The summed E-state index contributed by atoms with van der Waals surface area (Å²) in [7, 11) is 0. The van der Waals surface area contributed by atoms with Gasteiger partial charge in [0.1, 0.15) is 5.70 Å². The van der Waals surface area contributed by atoms with Crippen LogP contribution in [-0.4, -0.2) is 16.1 Å². The summed E-state index contributed by atoms with van der Waals surface area (Å²) in [6.45, 7) is 0. The van der Waals surface area contributed by atoms with Crippen LogP contribution in [0.25, 0.3) is 6.08 Å². The number of amidine groups is 1. The maximum absolute atomic E-state index is 13.0. The molecule has 2 aromatic carbocycles. The Morgan fingerprint density at radius 3 is 2.30 bits per heavy atom. The Hall–Kier alpha value is -3.18.